The number of hydrogen-bond acceptors (Lipinski definition) is 5. The van der Waals surface area contributed by atoms with Gasteiger partial charge in [0.1, 0.15) is 12.3 Å². The first-order valence-corrected chi connectivity index (χ1v) is 12.7. The van der Waals surface area contributed by atoms with Crippen molar-refractivity contribution in [1.82, 2.24) is 4.90 Å². The van der Waals surface area contributed by atoms with Crippen LogP contribution in [0.4, 0.5) is 11.4 Å². The maximum absolute atomic E-state index is 13.4. The van der Waals surface area contributed by atoms with Crippen LogP contribution in [-0.4, -0.2) is 59.1 Å². The van der Waals surface area contributed by atoms with Crippen LogP contribution in [0.1, 0.15) is 0 Å². The predicted octanol–water partition coefficient (Wildman–Crippen LogP) is 3.89. The number of ether oxygens (including phenoxy) is 1. The molecule has 0 aliphatic carbocycles. The van der Waals surface area contributed by atoms with Crippen molar-refractivity contribution in [2.45, 2.75) is 4.90 Å². The molecule has 0 aromatic heterocycles. The van der Waals surface area contributed by atoms with E-state index in [-0.39, 0.29) is 17.3 Å². The Morgan fingerprint density at radius 1 is 0.912 bits per heavy atom. The van der Waals surface area contributed by atoms with Gasteiger partial charge in [0, 0.05) is 31.2 Å². The molecule has 1 saturated heterocycles. The van der Waals surface area contributed by atoms with Crippen LogP contribution in [0, 0.1) is 0 Å². The van der Waals surface area contributed by atoms with Crippen molar-refractivity contribution in [2.24, 2.45) is 0 Å². The Kier molecular flexibility index (Phi) is 7.29. The number of para-hydroxylation sites is 2. The molecule has 0 atom stereocenters. The summed E-state index contributed by atoms with van der Waals surface area (Å²) in [6, 6.07) is 22.3. The fraction of sp³-hybridized carbons (Fsp3) is 0.240. The van der Waals surface area contributed by atoms with Gasteiger partial charge >= 0.3 is 0 Å². The maximum atomic E-state index is 13.4. The number of anilines is 2. The lowest BCUT2D eigenvalue weighted by molar-refractivity contribution is -0.129. The van der Waals surface area contributed by atoms with Crippen LogP contribution in [0.5, 0.6) is 5.75 Å². The first kappa shape index (κ1) is 23.9. The number of carbonyl (C=O) groups excluding carboxylic acids is 1. The predicted molar refractivity (Wildman–Crippen MR) is 134 cm³/mol. The van der Waals surface area contributed by atoms with Gasteiger partial charge in [-0.25, -0.2) is 8.42 Å². The fourth-order valence-corrected chi connectivity index (χ4v) is 5.51. The summed E-state index contributed by atoms with van der Waals surface area (Å²) in [5, 5.41) is 0.486. The van der Waals surface area contributed by atoms with E-state index in [9.17, 15) is 13.2 Å². The SMILES string of the molecule is COc1ccccc1N1CCN(C(=O)CN(c2ccc(Cl)cc2)S(=O)(=O)c2ccccc2)CC1. The van der Waals surface area contributed by atoms with Crippen LogP contribution in [0.15, 0.2) is 83.8 Å². The summed E-state index contributed by atoms with van der Waals surface area (Å²) < 4.78 is 33.5. The molecule has 0 bridgehead atoms. The molecule has 9 heteroatoms. The van der Waals surface area contributed by atoms with Gasteiger partial charge in [0.05, 0.1) is 23.4 Å². The Morgan fingerprint density at radius 3 is 2.18 bits per heavy atom. The van der Waals surface area contributed by atoms with Gasteiger partial charge in [-0.05, 0) is 48.5 Å². The molecule has 4 rings (SSSR count). The van der Waals surface area contributed by atoms with Crippen LogP contribution < -0.4 is 13.9 Å². The second kappa shape index (κ2) is 10.4. The number of hydrogen-bond donors (Lipinski definition) is 0. The number of piperazine rings is 1. The highest BCUT2D eigenvalue weighted by Crippen LogP contribution is 2.29. The number of sulfonamides is 1. The van der Waals surface area contributed by atoms with Gasteiger partial charge < -0.3 is 14.5 Å². The minimum absolute atomic E-state index is 0.124. The van der Waals surface area contributed by atoms with Gasteiger partial charge in [-0.2, -0.15) is 0 Å². The molecule has 0 radical (unpaired) electrons. The summed E-state index contributed by atoms with van der Waals surface area (Å²) in [5.41, 5.74) is 1.36. The zero-order valence-electron chi connectivity index (χ0n) is 18.8. The highest BCUT2D eigenvalue weighted by Gasteiger charge is 2.30. The Balaban J connectivity index is 1.52. The average Bonchev–Trinajstić information content (AvgIpc) is 2.88. The standard InChI is InChI=1S/C25H26ClN3O4S/c1-33-24-10-6-5-9-23(24)27-15-17-28(18-16-27)25(30)19-29(21-13-11-20(26)12-14-21)34(31,32)22-7-3-2-4-8-22/h2-14H,15-19H2,1H3. The Bertz CT molecular complexity index is 1230. The molecule has 7 nitrogen and oxygen atoms in total. The fourth-order valence-electron chi connectivity index (χ4n) is 3.95. The summed E-state index contributed by atoms with van der Waals surface area (Å²) in [6.07, 6.45) is 0. The topological polar surface area (TPSA) is 70.2 Å². The van der Waals surface area contributed by atoms with E-state index in [1.54, 1.807) is 54.5 Å². The van der Waals surface area contributed by atoms with Gasteiger partial charge in [-0.3, -0.25) is 9.10 Å². The van der Waals surface area contributed by atoms with Crippen molar-refractivity contribution in [1.29, 1.82) is 0 Å². The number of carbonyl (C=O) groups is 1. The molecule has 0 unspecified atom stereocenters. The molecule has 3 aromatic rings. The molecule has 1 heterocycles. The summed E-state index contributed by atoms with van der Waals surface area (Å²) in [7, 11) is -2.31. The number of amides is 1. The molecule has 3 aromatic carbocycles. The maximum Gasteiger partial charge on any atom is 0.264 e. The van der Waals surface area contributed by atoms with Crippen molar-refractivity contribution in [2.75, 3.05) is 49.0 Å². The van der Waals surface area contributed by atoms with Crippen molar-refractivity contribution in [3.8, 4) is 5.75 Å². The van der Waals surface area contributed by atoms with Crippen LogP contribution in [0.3, 0.4) is 0 Å². The Morgan fingerprint density at radius 2 is 1.53 bits per heavy atom. The van der Waals surface area contributed by atoms with E-state index in [1.165, 1.54) is 12.1 Å². The third kappa shape index (κ3) is 5.13. The molecule has 0 spiro atoms. The lowest BCUT2D eigenvalue weighted by atomic mass is 10.2. The number of benzene rings is 3. The molecule has 0 saturated carbocycles. The zero-order valence-corrected chi connectivity index (χ0v) is 20.4. The lowest BCUT2D eigenvalue weighted by Crippen LogP contribution is -2.52. The Hall–Kier alpha value is -3.23. The largest absolute Gasteiger partial charge is 0.495 e. The van der Waals surface area contributed by atoms with E-state index in [1.807, 2.05) is 24.3 Å². The van der Waals surface area contributed by atoms with Gasteiger partial charge in [0.15, 0.2) is 0 Å². The third-order valence-electron chi connectivity index (χ3n) is 5.78. The van der Waals surface area contributed by atoms with Crippen molar-refractivity contribution in [3.05, 3.63) is 83.9 Å². The zero-order chi connectivity index (χ0) is 24.1. The molecule has 1 fully saturated rings. The highest BCUT2D eigenvalue weighted by molar-refractivity contribution is 7.92. The number of halogens is 1. The summed E-state index contributed by atoms with van der Waals surface area (Å²) in [6.45, 7) is 1.91. The summed E-state index contributed by atoms with van der Waals surface area (Å²) in [5.74, 6) is 0.527. The van der Waals surface area contributed by atoms with Gasteiger partial charge in [0.25, 0.3) is 10.0 Å². The van der Waals surface area contributed by atoms with Gasteiger partial charge in [-0.1, -0.05) is 41.9 Å². The van der Waals surface area contributed by atoms with E-state index < -0.39 is 10.0 Å². The van der Waals surface area contributed by atoms with Crippen molar-refractivity contribution >= 4 is 38.9 Å². The number of methoxy groups -OCH3 is 1. The van der Waals surface area contributed by atoms with Crippen LogP contribution in [-0.2, 0) is 14.8 Å². The van der Waals surface area contributed by atoms with Crippen LogP contribution in [0.2, 0.25) is 5.02 Å². The minimum Gasteiger partial charge on any atom is -0.495 e. The van der Waals surface area contributed by atoms with E-state index >= 15 is 0 Å². The van der Waals surface area contributed by atoms with E-state index in [4.69, 9.17) is 16.3 Å². The molecule has 1 amide bonds. The lowest BCUT2D eigenvalue weighted by Gasteiger charge is -2.37. The van der Waals surface area contributed by atoms with Crippen LogP contribution >= 0.6 is 11.6 Å². The number of nitrogens with zero attached hydrogens (tertiary/aromatic N) is 3. The number of rotatable bonds is 7. The second-order valence-electron chi connectivity index (χ2n) is 7.84. The monoisotopic (exact) mass is 499 g/mol. The quantitative estimate of drug-likeness (QED) is 0.493. The second-order valence-corrected chi connectivity index (χ2v) is 10.1. The summed E-state index contributed by atoms with van der Waals surface area (Å²) in [4.78, 5) is 17.2. The molecule has 34 heavy (non-hydrogen) atoms. The van der Waals surface area contributed by atoms with Crippen molar-refractivity contribution in [3.63, 3.8) is 0 Å². The molecular weight excluding hydrogens is 474 g/mol. The molecule has 178 valence electrons. The van der Waals surface area contributed by atoms with Crippen LogP contribution in [0.25, 0.3) is 0 Å². The normalized spacial score (nSPS) is 14.1. The van der Waals surface area contributed by atoms with E-state index in [0.29, 0.717) is 36.9 Å². The highest BCUT2D eigenvalue weighted by atomic mass is 35.5. The first-order chi connectivity index (χ1) is 16.4. The molecular formula is C25H26ClN3O4S. The average molecular weight is 500 g/mol. The van der Waals surface area contributed by atoms with Crippen molar-refractivity contribution < 1.29 is 17.9 Å². The molecule has 1 aliphatic rings. The molecule has 1 aliphatic heterocycles. The Labute approximate surface area is 205 Å². The minimum atomic E-state index is -3.95. The van der Waals surface area contributed by atoms with E-state index in [0.717, 1.165) is 15.7 Å². The third-order valence-corrected chi connectivity index (χ3v) is 7.82. The first-order valence-electron chi connectivity index (χ1n) is 10.9. The van der Waals surface area contributed by atoms with Gasteiger partial charge in [-0.15, -0.1) is 0 Å². The molecule has 0 N–H and O–H groups in total. The summed E-state index contributed by atoms with van der Waals surface area (Å²) >= 11 is 6.00. The van der Waals surface area contributed by atoms with Gasteiger partial charge in [0.2, 0.25) is 5.91 Å². The van der Waals surface area contributed by atoms with E-state index in [2.05, 4.69) is 4.90 Å². The smallest absolute Gasteiger partial charge is 0.264 e.